The van der Waals surface area contributed by atoms with Crippen molar-refractivity contribution in [2.24, 2.45) is 5.73 Å². The second kappa shape index (κ2) is 6.72. The highest BCUT2D eigenvalue weighted by Gasteiger charge is 2.26. The van der Waals surface area contributed by atoms with E-state index >= 15 is 0 Å². The zero-order valence-electron chi connectivity index (χ0n) is 12.3. The van der Waals surface area contributed by atoms with Crippen molar-refractivity contribution in [3.63, 3.8) is 0 Å². The third-order valence-electron chi connectivity index (χ3n) is 3.86. The molecule has 20 heavy (non-hydrogen) atoms. The van der Waals surface area contributed by atoms with Gasteiger partial charge in [0.05, 0.1) is 11.3 Å². The van der Waals surface area contributed by atoms with Gasteiger partial charge in [0.25, 0.3) is 0 Å². The van der Waals surface area contributed by atoms with Crippen LogP contribution in [0.15, 0.2) is 0 Å². The summed E-state index contributed by atoms with van der Waals surface area (Å²) in [6.07, 6.45) is 2.91. The van der Waals surface area contributed by atoms with Gasteiger partial charge in [-0.05, 0) is 30.6 Å². The molecule has 4 nitrogen and oxygen atoms in total. The van der Waals surface area contributed by atoms with Gasteiger partial charge < -0.3 is 10.6 Å². The number of thiocarbonyl (C=S) groups is 1. The van der Waals surface area contributed by atoms with E-state index < -0.39 is 0 Å². The van der Waals surface area contributed by atoms with Gasteiger partial charge in [-0.3, -0.25) is 0 Å². The maximum Gasteiger partial charge on any atom is 0.161 e. The van der Waals surface area contributed by atoms with Crippen molar-refractivity contribution in [3.8, 4) is 0 Å². The summed E-state index contributed by atoms with van der Waals surface area (Å²) in [6.45, 7) is 4.21. The molecule has 0 saturated carbocycles. The summed E-state index contributed by atoms with van der Waals surface area (Å²) in [5.41, 5.74) is 9.07. The van der Waals surface area contributed by atoms with Gasteiger partial charge >= 0.3 is 0 Å². The van der Waals surface area contributed by atoms with Gasteiger partial charge in [0.1, 0.15) is 4.99 Å². The third-order valence-corrected chi connectivity index (χ3v) is 5.21. The quantitative estimate of drug-likeness (QED) is 0.841. The van der Waals surface area contributed by atoms with E-state index in [9.17, 15) is 0 Å². The van der Waals surface area contributed by atoms with Crippen LogP contribution in [-0.4, -0.2) is 39.8 Å². The fourth-order valence-corrected chi connectivity index (χ4v) is 4.15. The lowest BCUT2D eigenvalue weighted by Crippen LogP contribution is -2.35. The van der Waals surface area contributed by atoms with Crippen LogP contribution in [0.2, 0.25) is 0 Å². The minimum absolute atomic E-state index is 0.430. The van der Waals surface area contributed by atoms with Gasteiger partial charge in [0.2, 0.25) is 0 Å². The Kier molecular flexibility index (Phi) is 5.21. The normalized spacial score (nSPS) is 18.2. The first-order chi connectivity index (χ1) is 9.60. The Labute approximate surface area is 130 Å². The summed E-state index contributed by atoms with van der Waals surface area (Å²) < 4.78 is 0. The summed E-state index contributed by atoms with van der Waals surface area (Å²) in [5, 5.41) is 8.81. The van der Waals surface area contributed by atoms with Crippen LogP contribution in [0.4, 0.5) is 5.82 Å². The van der Waals surface area contributed by atoms with Crippen LogP contribution in [0.5, 0.6) is 0 Å². The monoisotopic (exact) mass is 310 g/mol. The average molecular weight is 310 g/mol. The molecule has 2 rings (SSSR count). The molecule has 1 unspecified atom stereocenters. The Bertz CT molecular complexity index is 498. The van der Waals surface area contributed by atoms with Crippen molar-refractivity contribution in [1.82, 2.24) is 10.2 Å². The lowest BCUT2D eigenvalue weighted by molar-refractivity contribution is 0.681. The zero-order chi connectivity index (χ0) is 14.7. The molecule has 6 heteroatoms. The van der Waals surface area contributed by atoms with Crippen molar-refractivity contribution < 1.29 is 0 Å². The maximum atomic E-state index is 5.98. The average Bonchev–Trinajstić information content (AvgIpc) is 2.98. The van der Waals surface area contributed by atoms with Crippen LogP contribution < -0.4 is 10.6 Å². The smallest absolute Gasteiger partial charge is 0.161 e. The Morgan fingerprint density at radius 2 is 2.15 bits per heavy atom. The molecule has 1 aliphatic rings. The molecular weight excluding hydrogens is 288 g/mol. The highest BCUT2D eigenvalue weighted by atomic mass is 32.2. The summed E-state index contributed by atoms with van der Waals surface area (Å²) in [6, 6.07) is 0.500. The molecule has 2 N–H and O–H groups in total. The maximum absolute atomic E-state index is 5.98. The standard InChI is InChI=1S/C14H22N4S2/c1-4-10-11(5-2)16-17-14(12(10)13(15)19)18(3)9-6-7-20-8-9/h9H,4-8H2,1-3H3,(H2,15,19). The minimum atomic E-state index is 0.430. The third kappa shape index (κ3) is 2.91. The number of rotatable bonds is 5. The largest absolute Gasteiger partial charge is 0.389 e. The molecule has 0 amide bonds. The molecule has 0 radical (unpaired) electrons. The lowest BCUT2D eigenvalue weighted by atomic mass is 10.0. The van der Waals surface area contributed by atoms with Crippen LogP contribution in [0.3, 0.4) is 0 Å². The number of thioether (sulfide) groups is 1. The van der Waals surface area contributed by atoms with E-state index in [1.165, 1.54) is 12.2 Å². The molecule has 1 atom stereocenters. The van der Waals surface area contributed by atoms with E-state index in [-0.39, 0.29) is 0 Å². The fraction of sp³-hybridized carbons (Fsp3) is 0.643. The highest BCUT2D eigenvalue weighted by Crippen LogP contribution is 2.29. The molecule has 1 aliphatic heterocycles. The summed E-state index contributed by atoms with van der Waals surface area (Å²) in [5.74, 6) is 3.18. The second-order valence-corrected chi connectivity index (χ2v) is 6.61. The number of hydrogen-bond acceptors (Lipinski definition) is 5. The van der Waals surface area contributed by atoms with Crippen LogP contribution in [0.25, 0.3) is 0 Å². The van der Waals surface area contributed by atoms with E-state index in [4.69, 9.17) is 18.0 Å². The number of hydrogen-bond donors (Lipinski definition) is 1. The van der Waals surface area contributed by atoms with Crippen molar-refractivity contribution >= 4 is 34.8 Å². The number of aryl methyl sites for hydroxylation is 1. The van der Waals surface area contributed by atoms with E-state index in [0.717, 1.165) is 41.2 Å². The SMILES string of the molecule is CCc1nnc(N(C)C2CCSC2)c(C(N)=S)c1CC. The van der Waals surface area contributed by atoms with Gasteiger partial charge in [0, 0.05) is 18.8 Å². The van der Waals surface area contributed by atoms with Gasteiger partial charge in [-0.15, -0.1) is 5.10 Å². The first kappa shape index (κ1) is 15.5. The van der Waals surface area contributed by atoms with E-state index in [1.54, 1.807) is 0 Å². The molecule has 1 aromatic rings. The summed E-state index contributed by atoms with van der Waals surface area (Å²) in [7, 11) is 2.08. The van der Waals surface area contributed by atoms with Crippen molar-refractivity contribution in [2.75, 3.05) is 23.5 Å². The molecule has 1 fully saturated rings. The molecule has 1 saturated heterocycles. The fourth-order valence-electron chi connectivity index (χ4n) is 2.67. The Morgan fingerprint density at radius 3 is 2.65 bits per heavy atom. The Hall–Kier alpha value is -0.880. The van der Waals surface area contributed by atoms with Crippen molar-refractivity contribution in [3.05, 3.63) is 16.8 Å². The van der Waals surface area contributed by atoms with E-state index in [2.05, 4.69) is 36.0 Å². The van der Waals surface area contributed by atoms with Gasteiger partial charge in [0.15, 0.2) is 5.82 Å². The van der Waals surface area contributed by atoms with Crippen LogP contribution in [0, 0.1) is 0 Å². The molecule has 0 aromatic carbocycles. The predicted molar refractivity (Wildman–Crippen MR) is 90.8 cm³/mol. The first-order valence-corrected chi connectivity index (χ1v) is 8.65. The Morgan fingerprint density at radius 1 is 1.40 bits per heavy atom. The van der Waals surface area contributed by atoms with Gasteiger partial charge in [-0.1, -0.05) is 26.1 Å². The van der Waals surface area contributed by atoms with Crippen molar-refractivity contribution in [2.45, 2.75) is 39.2 Å². The number of anilines is 1. The van der Waals surface area contributed by atoms with Crippen LogP contribution in [0.1, 0.15) is 37.1 Å². The van der Waals surface area contributed by atoms with Crippen LogP contribution >= 0.6 is 24.0 Å². The van der Waals surface area contributed by atoms with E-state index in [0.29, 0.717) is 11.0 Å². The molecule has 0 bridgehead atoms. The van der Waals surface area contributed by atoms with Gasteiger partial charge in [-0.2, -0.15) is 16.9 Å². The number of nitrogens with two attached hydrogens (primary N) is 1. The number of aromatic nitrogens is 2. The summed E-state index contributed by atoms with van der Waals surface area (Å²) >= 11 is 7.27. The molecule has 110 valence electrons. The molecular formula is C14H22N4S2. The lowest BCUT2D eigenvalue weighted by Gasteiger charge is -2.27. The van der Waals surface area contributed by atoms with Crippen molar-refractivity contribution in [1.29, 1.82) is 0 Å². The van der Waals surface area contributed by atoms with Gasteiger partial charge in [-0.25, -0.2) is 0 Å². The first-order valence-electron chi connectivity index (χ1n) is 7.08. The highest BCUT2D eigenvalue weighted by molar-refractivity contribution is 7.99. The summed E-state index contributed by atoms with van der Waals surface area (Å²) in [4.78, 5) is 2.64. The molecule has 0 aliphatic carbocycles. The second-order valence-electron chi connectivity index (χ2n) is 5.02. The van der Waals surface area contributed by atoms with Crippen LogP contribution in [-0.2, 0) is 12.8 Å². The zero-order valence-corrected chi connectivity index (χ0v) is 14.0. The minimum Gasteiger partial charge on any atom is -0.389 e. The predicted octanol–water partition coefficient (Wildman–Crippen LogP) is 2.18. The topological polar surface area (TPSA) is 55.0 Å². The molecule has 1 aromatic heterocycles. The Balaban J connectivity index is 2.48. The molecule has 0 spiro atoms. The van der Waals surface area contributed by atoms with E-state index in [1.807, 2.05) is 11.8 Å². The molecule has 2 heterocycles. The number of nitrogens with zero attached hydrogens (tertiary/aromatic N) is 3.